The van der Waals surface area contributed by atoms with E-state index in [0.717, 1.165) is 55.7 Å². The van der Waals surface area contributed by atoms with Crippen molar-refractivity contribution in [2.45, 2.75) is 0 Å². The minimum absolute atomic E-state index is 0.631. The van der Waals surface area contributed by atoms with Crippen LogP contribution in [-0.4, -0.2) is 24.9 Å². The highest BCUT2D eigenvalue weighted by Gasteiger charge is 2.17. The summed E-state index contributed by atoms with van der Waals surface area (Å²) < 4.78 is 2.43. The van der Waals surface area contributed by atoms with Crippen LogP contribution in [0.3, 0.4) is 0 Å². The van der Waals surface area contributed by atoms with Crippen LogP contribution in [-0.2, 0) is 0 Å². The first kappa shape index (κ1) is 30.9. The van der Waals surface area contributed by atoms with E-state index in [4.69, 9.17) is 19.9 Å². The molecule has 0 aliphatic carbocycles. The van der Waals surface area contributed by atoms with E-state index in [0.29, 0.717) is 17.5 Å². The molecule has 0 fully saturated rings. The van der Waals surface area contributed by atoms with Gasteiger partial charge in [-0.1, -0.05) is 152 Å². The summed E-state index contributed by atoms with van der Waals surface area (Å²) in [5, 5.41) is 3.55. The molecule has 0 spiro atoms. The molecule has 0 aliphatic rings. The molecule has 53 heavy (non-hydrogen) atoms. The lowest BCUT2D eigenvalue weighted by atomic mass is 10.00. The van der Waals surface area contributed by atoms with Gasteiger partial charge in [-0.2, -0.15) is 0 Å². The average Bonchev–Trinajstić information content (AvgIpc) is 3.64. The summed E-state index contributed by atoms with van der Waals surface area (Å²) in [5.41, 5.74) is 10.1. The van der Waals surface area contributed by atoms with E-state index in [-0.39, 0.29) is 0 Å². The third-order valence-corrected chi connectivity index (χ3v) is 10.8. The Balaban J connectivity index is 0.989. The Bertz CT molecular complexity index is 2900. The minimum atomic E-state index is 0.631. The van der Waals surface area contributed by atoms with Crippen LogP contribution in [0.15, 0.2) is 176 Å². The van der Waals surface area contributed by atoms with Crippen molar-refractivity contribution >= 4 is 42.5 Å². The molecule has 0 amide bonds. The maximum Gasteiger partial charge on any atom is 0.164 e. The lowest BCUT2D eigenvalue weighted by Gasteiger charge is -2.10. The average molecular weight is 696 g/mol. The van der Waals surface area contributed by atoms with Crippen molar-refractivity contribution in [3.05, 3.63) is 176 Å². The maximum absolute atomic E-state index is 5.07. The first-order chi connectivity index (χ1) is 26.2. The molecule has 6 aromatic carbocycles. The van der Waals surface area contributed by atoms with Gasteiger partial charge in [-0.15, -0.1) is 11.3 Å². The van der Waals surface area contributed by atoms with Gasteiger partial charge in [0.05, 0.1) is 10.4 Å². The zero-order chi connectivity index (χ0) is 35.1. The summed E-state index contributed by atoms with van der Waals surface area (Å²) in [7, 11) is 0. The molecule has 4 aromatic heterocycles. The van der Waals surface area contributed by atoms with Crippen LogP contribution in [0.4, 0.5) is 0 Å². The monoisotopic (exact) mass is 695 g/mol. The van der Waals surface area contributed by atoms with Crippen LogP contribution in [0, 0.1) is 0 Å². The Hall–Kier alpha value is -6.89. The lowest BCUT2D eigenvalue weighted by Crippen LogP contribution is -2.00. The highest BCUT2D eigenvalue weighted by atomic mass is 32.1. The molecule has 0 saturated heterocycles. The highest BCUT2D eigenvalue weighted by molar-refractivity contribution is 7.26. The van der Waals surface area contributed by atoms with Gasteiger partial charge in [0.15, 0.2) is 23.1 Å². The van der Waals surface area contributed by atoms with E-state index >= 15 is 0 Å². The summed E-state index contributed by atoms with van der Waals surface area (Å²) in [6.45, 7) is 0. The van der Waals surface area contributed by atoms with Crippen LogP contribution >= 0.6 is 11.3 Å². The van der Waals surface area contributed by atoms with Crippen molar-refractivity contribution in [1.29, 1.82) is 0 Å². The number of hydrogen-bond donors (Lipinski definition) is 0. The number of hydrogen-bond acceptors (Lipinski definition) is 6. The van der Waals surface area contributed by atoms with Gasteiger partial charge in [0.1, 0.15) is 0 Å². The molecule has 248 valence electrons. The molecule has 0 radical (unpaired) electrons. The topological polar surface area (TPSA) is 64.5 Å². The Morgan fingerprint density at radius 3 is 1.36 bits per heavy atom. The molecule has 5 nitrogen and oxygen atoms in total. The molecular weight excluding hydrogens is 667 g/mol. The van der Waals surface area contributed by atoms with E-state index in [1.54, 1.807) is 11.3 Å². The van der Waals surface area contributed by atoms with Gasteiger partial charge in [-0.05, 0) is 40.5 Å². The molecule has 0 N–H and O–H groups in total. The van der Waals surface area contributed by atoms with E-state index in [1.807, 2.05) is 48.7 Å². The molecule has 0 saturated carbocycles. The van der Waals surface area contributed by atoms with Crippen molar-refractivity contribution in [3.8, 4) is 67.7 Å². The molecule has 10 aromatic rings. The quantitative estimate of drug-likeness (QED) is 0.173. The highest BCUT2D eigenvalue weighted by Crippen LogP contribution is 2.42. The van der Waals surface area contributed by atoms with E-state index in [9.17, 15) is 0 Å². The summed E-state index contributed by atoms with van der Waals surface area (Å²) in [6, 6.07) is 58.6. The first-order valence-corrected chi connectivity index (χ1v) is 18.3. The smallest absolute Gasteiger partial charge is 0.164 e. The standard InChI is InChI=1S/C47H29N5S/c1-3-10-30(11-4-1)31-19-25-36(26-20-31)45-50-44(35-12-5-2-6-13-35)51-46(52-45)37-27-21-33(22-28-37)32-17-23-34(24-18-32)42-43-41(38-14-7-8-16-40(38)53-43)39-15-9-29-48-47(39)49-42/h1-29H. The second-order valence-electron chi connectivity index (χ2n) is 12.9. The fourth-order valence-corrected chi connectivity index (χ4v) is 8.17. The van der Waals surface area contributed by atoms with Crippen molar-refractivity contribution in [3.63, 3.8) is 0 Å². The lowest BCUT2D eigenvalue weighted by molar-refractivity contribution is 1.07. The normalized spacial score (nSPS) is 11.4. The second kappa shape index (κ2) is 13.0. The van der Waals surface area contributed by atoms with Gasteiger partial charge in [-0.25, -0.2) is 24.9 Å². The molecule has 0 atom stereocenters. The van der Waals surface area contributed by atoms with Gasteiger partial charge in [0, 0.05) is 49.3 Å². The molecule has 0 unspecified atom stereocenters. The zero-order valence-electron chi connectivity index (χ0n) is 28.4. The van der Waals surface area contributed by atoms with Crippen molar-refractivity contribution in [2.75, 3.05) is 0 Å². The fraction of sp³-hybridized carbons (Fsp3) is 0. The molecule has 10 rings (SSSR count). The summed E-state index contributed by atoms with van der Waals surface area (Å²) in [6.07, 6.45) is 1.82. The number of pyridine rings is 2. The first-order valence-electron chi connectivity index (χ1n) is 17.5. The third kappa shape index (κ3) is 5.72. The van der Waals surface area contributed by atoms with Crippen molar-refractivity contribution < 1.29 is 0 Å². The SMILES string of the molecule is c1ccc(-c2ccc(-c3nc(-c4ccccc4)nc(-c4ccc(-c5ccc(-c6nc7ncccc7c7c6sc6ccccc67)cc5)cc4)n3)cc2)cc1. The Kier molecular flexibility index (Phi) is 7.59. The van der Waals surface area contributed by atoms with Crippen LogP contribution in [0.2, 0.25) is 0 Å². The number of aromatic nitrogens is 5. The van der Waals surface area contributed by atoms with Crippen LogP contribution in [0.1, 0.15) is 0 Å². The van der Waals surface area contributed by atoms with Crippen LogP contribution in [0.5, 0.6) is 0 Å². The van der Waals surface area contributed by atoms with Crippen LogP contribution in [0.25, 0.3) is 98.9 Å². The number of nitrogens with zero attached hydrogens (tertiary/aromatic N) is 5. The van der Waals surface area contributed by atoms with Crippen molar-refractivity contribution in [2.24, 2.45) is 0 Å². The molecular formula is C47H29N5S. The number of thiophene rings is 1. The van der Waals surface area contributed by atoms with Crippen LogP contribution < -0.4 is 0 Å². The Morgan fingerprint density at radius 2 is 0.774 bits per heavy atom. The van der Waals surface area contributed by atoms with E-state index < -0.39 is 0 Å². The number of fused-ring (bicyclic) bond motifs is 5. The minimum Gasteiger partial charge on any atom is -0.237 e. The molecule has 0 bridgehead atoms. The van der Waals surface area contributed by atoms with Crippen molar-refractivity contribution in [1.82, 2.24) is 24.9 Å². The third-order valence-electron chi connectivity index (χ3n) is 9.64. The predicted molar refractivity (Wildman–Crippen MR) is 218 cm³/mol. The maximum atomic E-state index is 5.07. The van der Waals surface area contributed by atoms with Gasteiger partial charge >= 0.3 is 0 Å². The summed E-state index contributed by atoms with van der Waals surface area (Å²) in [4.78, 5) is 24.6. The molecule has 4 heterocycles. The number of benzene rings is 6. The number of rotatable bonds is 6. The molecule has 6 heteroatoms. The van der Waals surface area contributed by atoms with Gasteiger partial charge in [0.2, 0.25) is 0 Å². The largest absolute Gasteiger partial charge is 0.237 e. The Morgan fingerprint density at radius 1 is 0.340 bits per heavy atom. The van der Waals surface area contributed by atoms with Gasteiger partial charge < -0.3 is 0 Å². The summed E-state index contributed by atoms with van der Waals surface area (Å²) in [5.74, 6) is 1.91. The van der Waals surface area contributed by atoms with E-state index in [2.05, 4.69) is 132 Å². The Labute approximate surface area is 310 Å². The zero-order valence-corrected chi connectivity index (χ0v) is 29.2. The fourth-order valence-electron chi connectivity index (χ4n) is 6.94. The summed E-state index contributed by atoms with van der Waals surface area (Å²) >= 11 is 1.79. The second-order valence-corrected chi connectivity index (χ2v) is 14.0. The predicted octanol–water partition coefficient (Wildman–Crippen LogP) is 12.2. The molecule has 0 aliphatic heterocycles. The van der Waals surface area contributed by atoms with Gasteiger partial charge in [-0.3, -0.25) is 0 Å². The van der Waals surface area contributed by atoms with E-state index in [1.165, 1.54) is 25.7 Å². The van der Waals surface area contributed by atoms with Gasteiger partial charge in [0.25, 0.3) is 0 Å².